The maximum Gasteiger partial charge on any atom is 0.337 e. The van der Waals surface area contributed by atoms with Crippen LogP contribution in [0.2, 0.25) is 0 Å². The number of nitro groups is 1. The number of ether oxygens (including phenoxy) is 2. The van der Waals surface area contributed by atoms with Crippen molar-refractivity contribution < 1.29 is 29.1 Å². The van der Waals surface area contributed by atoms with Crippen LogP contribution in [0.5, 0.6) is 0 Å². The van der Waals surface area contributed by atoms with Gasteiger partial charge >= 0.3 is 5.97 Å². The Kier molecular flexibility index (Phi) is 5.84. The van der Waals surface area contributed by atoms with Crippen molar-refractivity contribution in [3.8, 4) is 0 Å². The van der Waals surface area contributed by atoms with Crippen LogP contribution in [-0.4, -0.2) is 35.1 Å². The van der Waals surface area contributed by atoms with Gasteiger partial charge < -0.3 is 19.9 Å². The van der Waals surface area contributed by atoms with E-state index < -0.39 is 34.8 Å². The first kappa shape index (κ1) is 20.0. The van der Waals surface area contributed by atoms with Crippen LogP contribution in [0, 0.1) is 10.1 Å². The van der Waals surface area contributed by atoms with Crippen LogP contribution in [0.15, 0.2) is 47.1 Å². The van der Waals surface area contributed by atoms with E-state index in [2.05, 4.69) is 5.32 Å². The lowest BCUT2D eigenvalue weighted by Crippen LogP contribution is -2.38. The van der Waals surface area contributed by atoms with E-state index >= 15 is 0 Å². The molecule has 27 heavy (non-hydrogen) atoms. The number of nitro benzene ring substituents is 1. The van der Waals surface area contributed by atoms with E-state index in [9.17, 15) is 24.8 Å². The Hall–Kier alpha value is -3.36. The summed E-state index contributed by atoms with van der Waals surface area (Å²) in [6.45, 7) is 4.85. The van der Waals surface area contributed by atoms with E-state index in [1.54, 1.807) is 13.8 Å². The third kappa shape index (κ3) is 4.08. The first-order chi connectivity index (χ1) is 12.7. The number of hydrogen-bond donors (Lipinski definition) is 2. The standard InChI is InChI=1S/C18H20N2O7/c1-9(2)27-18(23)13-10(3)19-16(21)15(17(22)26-4)14(13)11-6-5-7-12(8-11)20(24)25/h5-9,14,22H,1-4H3,(H,19,21)/b17-15-. The van der Waals surface area contributed by atoms with Gasteiger partial charge in [-0.2, -0.15) is 0 Å². The van der Waals surface area contributed by atoms with Gasteiger partial charge in [-0.15, -0.1) is 0 Å². The molecule has 1 unspecified atom stereocenters. The summed E-state index contributed by atoms with van der Waals surface area (Å²) < 4.78 is 10.1. The minimum atomic E-state index is -1.09. The second kappa shape index (κ2) is 7.90. The first-order valence-electron chi connectivity index (χ1n) is 8.11. The number of methoxy groups -OCH3 is 1. The average molecular weight is 376 g/mol. The van der Waals surface area contributed by atoms with Crippen LogP contribution >= 0.6 is 0 Å². The number of carbonyl (C=O) groups is 2. The molecule has 0 spiro atoms. The van der Waals surface area contributed by atoms with Crippen LogP contribution in [0.1, 0.15) is 32.3 Å². The Morgan fingerprint density at radius 2 is 2.04 bits per heavy atom. The van der Waals surface area contributed by atoms with Crippen molar-refractivity contribution in [2.24, 2.45) is 0 Å². The van der Waals surface area contributed by atoms with Crippen molar-refractivity contribution in [3.63, 3.8) is 0 Å². The molecule has 9 heteroatoms. The van der Waals surface area contributed by atoms with Crippen LogP contribution in [0.25, 0.3) is 0 Å². The summed E-state index contributed by atoms with van der Waals surface area (Å²) in [5.74, 6) is -3.17. The van der Waals surface area contributed by atoms with Crippen molar-refractivity contribution in [1.29, 1.82) is 0 Å². The Morgan fingerprint density at radius 3 is 2.59 bits per heavy atom. The van der Waals surface area contributed by atoms with Crippen LogP contribution in [-0.2, 0) is 19.1 Å². The number of hydrogen-bond acceptors (Lipinski definition) is 7. The summed E-state index contributed by atoms with van der Waals surface area (Å²) in [6, 6.07) is 5.48. The van der Waals surface area contributed by atoms with Crippen LogP contribution < -0.4 is 5.32 Å². The topological polar surface area (TPSA) is 128 Å². The molecule has 0 aliphatic carbocycles. The molecule has 0 saturated heterocycles. The number of nitrogens with one attached hydrogen (secondary N) is 1. The summed E-state index contributed by atoms with van der Waals surface area (Å²) in [4.78, 5) is 35.7. The second-order valence-electron chi connectivity index (χ2n) is 6.15. The Bertz CT molecular complexity index is 855. The summed E-state index contributed by atoms with van der Waals surface area (Å²) in [6.07, 6.45) is -0.426. The van der Waals surface area contributed by atoms with Crippen molar-refractivity contribution >= 4 is 17.6 Å². The number of allylic oxidation sites excluding steroid dienone is 1. The SMILES string of the molecule is CO/C(O)=C1\C(=O)NC(C)=C(C(=O)OC(C)C)C1c1cccc([N+](=O)[O-])c1. The van der Waals surface area contributed by atoms with Gasteiger partial charge in [-0.05, 0) is 26.3 Å². The number of carbonyl (C=O) groups excluding carboxylic acids is 2. The molecule has 1 aromatic rings. The van der Waals surface area contributed by atoms with E-state index in [-0.39, 0.29) is 28.1 Å². The molecular formula is C18H20N2O7. The lowest BCUT2D eigenvalue weighted by Gasteiger charge is -2.29. The van der Waals surface area contributed by atoms with Gasteiger partial charge in [0.05, 0.1) is 29.6 Å². The molecule has 0 aromatic heterocycles. The summed E-state index contributed by atoms with van der Waals surface area (Å²) in [5.41, 5.74) is 0.105. The predicted molar refractivity (Wildman–Crippen MR) is 94.6 cm³/mol. The van der Waals surface area contributed by atoms with Gasteiger partial charge in [-0.1, -0.05) is 12.1 Å². The second-order valence-corrected chi connectivity index (χ2v) is 6.15. The number of aliphatic hydroxyl groups excluding tert-OH is 1. The molecule has 1 amide bonds. The average Bonchev–Trinajstić information content (AvgIpc) is 2.59. The fraction of sp³-hybridized carbons (Fsp3) is 0.333. The van der Waals surface area contributed by atoms with Gasteiger partial charge in [0.2, 0.25) is 0 Å². The highest BCUT2D eigenvalue weighted by Gasteiger charge is 2.40. The summed E-state index contributed by atoms with van der Waals surface area (Å²) >= 11 is 0. The monoisotopic (exact) mass is 376 g/mol. The molecule has 0 fully saturated rings. The molecule has 9 nitrogen and oxygen atoms in total. The Labute approximate surface area is 155 Å². The van der Waals surface area contributed by atoms with Gasteiger partial charge in [0.25, 0.3) is 17.5 Å². The molecule has 0 saturated carbocycles. The van der Waals surface area contributed by atoms with E-state index in [4.69, 9.17) is 9.47 Å². The predicted octanol–water partition coefficient (Wildman–Crippen LogP) is 2.45. The van der Waals surface area contributed by atoms with Gasteiger partial charge in [0.15, 0.2) is 0 Å². The van der Waals surface area contributed by atoms with Gasteiger partial charge in [-0.25, -0.2) is 4.79 Å². The lowest BCUT2D eigenvalue weighted by atomic mass is 9.80. The third-order valence-electron chi connectivity index (χ3n) is 3.93. The number of rotatable bonds is 5. The Balaban J connectivity index is 2.74. The molecule has 2 rings (SSSR count). The number of esters is 1. The highest BCUT2D eigenvalue weighted by Crippen LogP contribution is 2.39. The molecule has 2 N–H and O–H groups in total. The molecule has 0 bridgehead atoms. The summed E-state index contributed by atoms with van der Waals surface area (Å²) in [5, 5.41) is 23.7. The zero-order valence-corrected chi connectivity index (χ0v) is 15.3. The zero-order valence-electron chi connectivity index (χ0n) is 15.3. The van der Waals surface area contributed by atoms with E-state index in [1.165, 1.54) is 31.2 Å². The normalized spacial score (nSPS) is 18.9. The molecule has 1 aromatic carbocycles. The molecular weight excluding hydrogens is 356 g/mol. The zero-order chi connectivity index (χ0) is 20.3. The highest BCUT2D eigenvalue weighted by atomic mass is 16.6. The van der Waals surface area contributed by atoms with Crippen molar-refractivity contribution in [1.82, 2.24) is 5.32 Å². The number of benzene rings is 1. The smallest absolute Gasteiger partial charge is 0.337 e. The van der Waals surface area contributed by atoms with Gasteiger partial charge in [0.1, 0.15) is 5.57 Å². The molecule has 144 valence electrons. The van der Waals surface area contributed by atoms with E-state index in [0.717, 1.165) is 7.11 Å². The van der Waals surface area contributed by atoms with Crippen molar-refractivity contribution in [2.45, 2.75) is 32.8 Å². The number of non-ortho nitro benzene ring substituents is 1. The maximum atomic E-state index is 12.7. The van der Waals surface area contributed by atoms with Crippen molar-refractivity contribution in [2.75, 3.05) is 7.11 Å². The molecule has 1 aliphatic rings. The largest absolute Gasteiger partial charge is 0.481 e. The lowest BCUT2D eigenvalue weighted by molar-refractivity contribution is -0.384. The minimum absolute atomic E-state index is 0.0578. The fourth-order valence-electron chi connectivity index (χ4n) is 2.83. The van der Waals surface area contributed by atoms with Crippen LogP contribution in [0.4, 0.5) is 5.69 Å². The molecule has 1 atom stereocenters. The highest BCUT2D eigenvalue weighted by molar-refractivity contribution is 6.04. The quantitative estimate of drug-likeness (QED) is 0.265. The summed E-state index contributed by atoms with van der Waals surface area (Å²) in [7, 11) is 1.16. The third-order valence-corrected chi connectivity index (χ3v) is 3.93. The molecule has 1 heterocycles. The molecule has 1 aliphatic heterocycles. The molecule has 0 radical (unpaired) electrons. The fourth-order valence-corrected chi connectivity index (χ4v) is 2.83. The van der Waals surface area contributed by atoms with Gasteiger partial charge in [0, 0.05) is 17.8 Å². The van der Waals surface area contributed by atoms with E-state index in [0.29, 0.717) is 0 Å². The minimum Gasteiger partial charge on any atom is -0.481 e. The Morgan fingerprint density at radius 1 is 1.37 bits per heavy atom. The van der Waals surface area contributed by atoms with Gasteiger partial charge in [-0.3, -0.25) is 14.9 Å². The van der Waals surface area contributed by atoms with E-state index in [1.807, 2.05) is 0 Å². The maximum absolute atomic E-state index is 12.7. The first-order valence-corrected chi connectivity index (χ1v) is 8.11. The number of aliphatic hydroxyl groups is 1. The van der Waals surface area contributed by atoms with Crippen LogP contribution in [0.3, 0.4) is 0 Å². The number of amides is 1. The van der Waals surface area contributed by atoms with Crippen molar-refractivity contribution in [3.05, 3.63) is 62.7 Å². The number of nitrogens with zero attached hydrogens (tertiary/aromatic N) is 1.